The van der Waals surface area contributed by atoms with Gasteiger partial charge in [0.05, 0.1) is 30.7 Å². The number of allylic oxidation sites excluding steroid dienone is 2. The number of carbonyl (C=O) groups is 6. The molecule has 346 valence electrons. The standard InChI is InChI=1S/C48H72N2O12/c1-26(51)49-38-32(23-33(41(56)58-12)62-40(38)39(61-29(4)54)34(60-28(3)53)25-59-27(2)52)50-42(57)48-21-19-43(5,6)24-31(48)30-13-14-36-45(9)17-16-37(55)44(7,8)35(45)15-18-47(36,11)46(30,10)20-22-48/h13,23,31-32,34-40,55H,14-22,24-25H2,1-12H3,(H,49,51)(H,50,57)/t31-,32-,34+,35-,36+,37-,38+,39+,40+,45-,46+,47+,48-/m0/s1. The Morgan fingerprint density at radius 1 is 0.823 bits per heavy atom. The van der Waals surface area contributed by atoms with Crippen LogP contribution in [0.5, 0.6) is 0 Å². The van der Waals surface area contributed by atoms with E-state index in [1.807, 2.05) is 0 Å². The Hall–Kier alpha value is -3.94. The largest absolute Gasteiger partial charge is 0.477 e. The number of esters is 4. The van der Waals surface area contributed by atoms with Gasteiger partial charge in [-0.25, -0.2) is 4.79 Å². The molecule has 4 saturated carbocycles. The maximum absolute atomic E-state index is 15.5. The summed E-state index contributed by atoms with van der Waals surface area (Å²) in [5.41, 5.74) is 0.207. The number of aliphatic hydroxyl groups is 1. The van der Waals surface area contributed by atoms with Gasteiger partial charge in [-0.15, -0.1) is 0 Å². The molecular weight excluding hydrogens is 797 g/mol. The van der Waals surface area contributed by atoms with Gasteiger partial charge in [0.1, 0.15) is 6.61 Å². The molecule has 0 aromatic heterocycles. The predicted octanol–water partition coefficient (Wildman–Crippen LogP) is 6.02. The molecule has 0 radical (unpaired) electrons. The van der Waals surface area contributed by atoms with E-state index in [1.54, 1.807) is 0 Å². The third-order valence-electron chi connectivity index (χ3n) is 17.2. The van der Waals surface area contributed by atoms with Gasteiger partial charge in [-0.05, 0) is 115 Å². The van der Waals surface area contributed by atoms with Gasteiger partial charge in [-0.2, -0.15) is 0 Å². The molecule has 14 heteroatoms. The molecular formula is C48H72N2O12. The van der Waals surface area contributed by atoms with E-state index in [1.165, 1.54) is 25.7 Å². The molecule has 0 unspecified atom stereocenters. The van der Waals surface area contributed by atoms with Crippen LogP contribution in [0.1, 0.15) is 140 Å². The van der Waals surface area contributed by atoms with Crippen LogP contribution in [0.2, 0.25) is 0 Å². The number of rotatable bonds is 10. The Morgan fingerprint density at radius 2 is 1.48 bits per heavy atom. The minimum Gasteiger partial charge on any atom is -0.477 e. The number of ether oxygens (including phenoxy) is 5. The average molecular weight is 869 g/mol. The molecule has 6 rings (SSSR count). The molecule has 2 amide bonds. The van der Waals surface area contributed by atoms with Gasteiger partial charge in [0.25, 0.3) is 0 Å². The SMILES string of the molecule is COC(=O)C1=C[C@H](NC(=O)[C@]23CCC(C)(C)C[C@H]2C2=CC[C@@H]4[C@@]5(C)CC[C@H](O)C(C)(C)[C@@H]5CC[C@@]4(C)[C@]2(C)CC3)[C@@H](NC(C)=O)[C@H]([C@H](OC(C)=O)[C@@H](COC(C)=O)OC(C)=O)O1. The number of aliphatic hydroxyl groups excluding tert-OH is 1. The lowest BCUT2D eigenvalue weighted by Crippen LogP contribution is -2.67. The van der Waals surface area contributed by atoms with Crippen LogP contribution in [0, 0.1) is 50.2 Å². The van der Waals surface area contributed by atoms with Crippen molar-refractivity contribution in [2.75, 3.05) is 13.7 Å². The van der Waals surface area contributed by atoms with Crippen LogP contribution in [0.15, 0.2) is 23.5 Å². The van der Waals surface area contributed by atoms with Crippen molar-refractivity contribution >= 4 is 35.7 Å². The smallest absolute Gasteiger partial charge is 0.373 e. The Bertz CT molecular complexity index is 1890. The van der Waals surface area contributed by atoms with Gasteiger partial charge in [0.2, 0.25) is 17.6 Å². The summed E-state index contributed by atoms with van der Waals surface area (Å²) in [6.07, 6.45) is 7.70. The van der Waals surface area contributed by atoms with Gasteiger partial charge in [0, 0.05) is 27.7 Å². The van der Waals surface area contributed by atoms with E-state index in [9.17, 15) is 29.1 Å². The molecule has 0 bridgehead atoms. The lowest BCUT2D eigenvalue weighted by Gasteiger charge is -2.71. The number of methoxy groups -OCH3 is 1. The first-order valence-corrected chi connectivity index (χ1v) is 22.7. The molecule has 0 spiro atoms. The Morgan fingerprint density at radius 3 is 2.10 bits per heavy atom. The third-order valence-corrected chi connectivity index (χ3v) is 17.2. The number of hydrogen-bond acceptors (Lipinski definition) is 12. The first kappa shape index (κ1) is 47.5. The minimum absolute atomic E-state index is 0.0240. The zero-order chi connectivity index (χ0) is 46.0. The second-order valence-electron chi connectivity index (χ2n) is 21.6. The zero-order valence-corrected chi connectivity index (χ0v) is 39.1. The quantitative estimate of drug-likeness (QED) is 0.132. The molecule has 14 nitrogen and oxygen atoms in total. The van der Waals surface area contributed by atoms with Crippen LogP contribution in [-0.4, -0.2) is 91.0 Å². The van der Waals surface area contributed by atoms with Crippen molar-refractivity contribution in [3.63, 3.8) is 0 Å². The molecule has 13 atom stereocenters. The Balaban J connectivity index is 1.41. The highest BCUT2D eigenvalue weighted by molar-refractivity contribution is 5.88. The Kier molecular flexibility index (Phi) is 12.9. The van der Waals surface area contributed by atoms with E-state index >= 15 is 4.79 Å². The monoisotopic (exact) mass is 869 g/mol. The molecule has 0 aromatic rings. The van der Waals surface area contributed by atoms with Crippen molar-refractivity contribution in [1.29, 1.82) is 0 Å². The van der Waals surface area contributed by atoms with Crippen molar-refractivity contribution in [2.45, 2.75) is 177 Å². The molecule has 3 N–H and O–H groups in total. The highest BCUT2D eigenvalue weighted by Gasteiger charge is 2.69. The molecule has 1 heterocycles. The van der Waals surface area contributed by atoms with E-state index in [0.29, 0.717) is 24.7 Å². The van der Waals surface area contributed by atoms with E-state index < -0.39 is 72.2 Å². The fourth-order valence-electron chi connectivity index (χ4n) is 13.8. The summed E-state index contributed by atoms with van der Waals surface area (Å²) in [6.45, 7) is 20.7. The van der Waals surface area contributed by atoms with Gasteiger partial charge < -0.3 is 39.4 Å². The first-order chi connectivity index (χ1) is 28.8. The summed E-state index contributed by atoms with van der Waals surface area (Å²) < 4.78 is 27.7. The molecule has 1 aliphatic heterocycles. The van der Waals surface area contributed by atoms with Crippen LogP contribution < -0.4 is 10.6 Å². The first-order valence-electron chi connectivity index (χ1n) is 22.7. The van der Waals surface area contributed by atoms with E-state index in [4.69, 9.17) is 23.7 Å². The predicted molar refractivity (Wildman–Crippen MR) is 227 cm³/mol. The maximum Gasteiger partial charge on any atom is 0.373 e. The fourth-order valence-corrected chi connectivity index (χ4v) is 13.8. The molecule has 0 aromatic carbocycles. The number of carbonyl (C=O) groups excluding carboxylic acids is 6. The molecule has 6 aliphatic rings. The van der Waals surface area contributed by atoms with Crippen molar-refractivity contribution < 1.29 is 57.6 Å². The summed E-state index contributed by atoms with van der Waals surface area (Å²) in [4.78, 5) is 78.8. The topological polar surface area (TPSA) is 193 Å². The summed E-state index contributed by atoms with van der Waals surface area (Å²) in [7, 11) is 1.17. The molecule has 0 saturated heterocycles. The van der Waals surface area contributed by atoms with Gasteiger partial charge in [0.15, 0.2) is 18.3 Å². The number of amides is 2. The highest BCUT2D eigenvalue weighted by Crippen LogP contribution is 2.75. The van der Waals surface area contributed by atoms with Crippen LogP contribution in [0.4, 0.5) is 0 Å². The summed E-state index contributed by atoms with van der Waals surface area (Å²) in [5, 5.41) is 17.3. The zero-order valence-electron chi connectivity index (χ0n) is 39.1. The molecule has 4 fully saturated rings. The summed E-state index contributed by atoms with van der Waals surface area (Å²) in [6, 6.07) is -2.26. The fraction of sp³-hybridized carbons (Fsp3) is 0.792. The second-order valence-corrected chi connectivity index (χ2v) is 21.6. The van der Waals surface area contributed by atoms with Crippen LogP contribution in [0.25, 0.3) is 0 Å². The van der Waals surface area contributed by atoms with Crippen LogP contribution >= 0.6 is 0 Å². The van der Waals surface area contributed by atoms with Gasteiger partial charge in [-0.3, -0.25) is 24.0 Å². The van der Waals surface area contributed by atoms with Crippen molar-refractivity contribution in [2.24, 2.45) is 50.2 Å². The number of fused-ring (bicyclic) bond motifs is 7. The van der Waals surface area contributed by atoms with E-state index in [0.717, 1.165) is 72.1 Å². The number of nitrogens with one attached hydrogen (secondary N) is 2. The highest BCUT2D eigenvalue weighted by atomic mass is 16.6. The summed E-state index contributed by atoms with van der Waals surface area (Å²) >= 11 is 0. The number of hydrogen-bond donors (Lipinski definition) is 3. The Labute approximate surface area is 367 Å². The molecule has 62 heavy (non-hydrogen) atoms. The second kappa shape index (κ2) is 16.9. The summed E-state index contributed by atoms with van der Waals surface area (Å²) in [5.74, 6) is -3.47. The normalized spacial score (nSPS) is 38.8. The van der Waals surface area contributed by atoms with Gasteiger partial charge in [-0.1, -0.05) is 60.1 Å². The van der Waals surface area contributed by atoms with Gasteiger partial charge >= 0.3 is 23.9 Å². The van der Waals surface area contributed by atoms with E-state index in [-0.39, 0.29) is 50.8 Å². The lowest BCUT2D eigenvalue weighted by atomic mass is 9.33. The van der Waals surface area contributed by atoms with Crippen molar-refractivity contribution in [3.8, 4) is 0 Å². The van der Waals surface area contributed by atoms with Crippen molar-refractivity contribution in [1.82, 2.24) is 10.6 Å². The minimum atomic E-state index is -1.53. The van der Waals surface area contributed by atoms with E-state index in [2.05, 4.69) is 65.2 Å². The average Bonchev–Trinajstić information content (AvgIpc) is 3.17. The third kappa shape index (κ3) is 8.19. The maximum atomic E-state index is 15.5. The lowest BCUT2D eigenvalue weighted by molar-refractivity contribution is -0.203. The van der Waals surface area contributed by atoms with Crippen molar-refractivity contribution in [3.05, 3.63) is 23.5 Å². The molecule has 5 aliphatic carbocycles. The van der Waals surface area contributed by atoms with Crippen LogP contribution in [-0.2, 0) is 52.5 Å². The van der Waals surface area contributed by atoms with Crippen LogP contribution in [0.3, 0.4) is 0 Å².